The van der Waals surface area contributed by atoms with Crippen LogP contribution in [0, 0.1) is 6.92 Å². The van der Waals surface area contributed by atoms with Gasteiger partial charge in [0.1, 0.15) is 0 Å². The fraction of sp³-hybridized carbons (Fsp3) is 0.250. The first-order valence-electron chi connectivity index (χ1n) is 6.59. The molecule has 0 unspecified atom stereocenters. The molecule has 21 heavy (non-hydrogen) atoms. The van der Waals surface area contributed by atoms with Crippen molar-refractivity contribution in [2.45, 2.75) is 18.6 Å². The zero-order chi connectivity index (χ0) is 15.5. The number of hydrogen-bond acceptors (Lipinski definition) is 2. The van der Waals surface area contributed by atoms with Crippen molar-refractivity contribution in [2.75, 3.05) is 11.4 Å². The van der Waals surface area contributed by atoms with E-state index < -0.39 is 10.0 Å². The molecule has 0 radical (unpaired) electrons. The van der Waals surface area contributed by atoms with E-state index in [-0.39, 0.29) is 5.75 Å². The lowest BCUT2D eigenvalue weighted by Crippen LogP contribution is -2.27. The van der Waals surface area contributed by atoms with E-state index >= 15 is 0 Å². The summed E-state index contributed by atoms with van der Waals surface area (Å²) in [5.41, 5.74) is 3.42. The fourth-order valence-electron chi connectivity index (χ4n) is 2.03. The molecule has 0 aliphatic carbocycles. The molecule has 0 saturated carbocycles. The zero-order valence-electron chi connectivity index (χ0n) is 12.1. The molecule has 0 heterocycles. The number of anilines is 1. The fourth-order valence-corrected chi connectivity index (χ4v) is 3.43. The lowest BCUT2D eigenvalue weighted by molar-refractivity contribution is 0.593. The molecule has 0 aliphatic heterocycles. The van der Waals surface area contributed by atoms with Crippen LogP contribution in [-0.2, 0) is 21.7 Å². The van der Waals surface area contributed by atoms with Crippen molar-refractivity contribution in [3.63, 3.8) is 0 Å². The van der Waals surface area contributed by atoms with Gasteiger partial charge < -0.3 is 0 Å². The summed E-state index contributed by atoms with van der Waals surface area (Å²) < 4.78 is 26.3. The van der Waals surface area contributed by atoms with Gasteiger partial charge in [-0.3, -0.25) is 4.31 Å². The maximum absolute atomic E-state index is 12.5. The molecule has 0 fully saturated rings. The molecular weight excluding hydrogens is 306 g/mol. The summed E-state index contributed by atoms with van der Waals surface area (Å²) in [7, 11) is -1.84. The van der Waals surface area contributed by atoms with Gasteiger partial charge in [-0.25, -0.2) is 8.42 Å². The van der Waals surface area contributed by atoms with E-state index in [4.69, 9.17) is 11.6 Å². The van der Waals surface area contributed by atoms with Crippen molar-refractivity contribution >= 4 is 27.3 Å². The van der Waals surface area contributed by atoms with Gasteiger partial charge in [0.2, 0.25) is 10.0 Å². The SMILES string of the molecule is Cc1ccc(N(C)S(=O)(=O)Cc2cccc(CCl)c2)cc1. The Balaban J connectivity index is 2.22. The second-order valence-corrected chi connectivity index (χ2v) is 7.28. The van der Waals surface area contributed by atoms with E-state index in [1.54, 1.807) is 13.1 Å². The Hall–Kier alpha value is -1.52. The molecule has 112 valence electrons. The number of aryl methyl sites for hydroxylation is 1. The van der Waals surface area contributed by atoms with Crippen LogP contribution < -0.4 is 4.31 Å². The molecule has 2 aromatic rings. The predicted molar refractivity (Wildman–Crippen MR) is 88.2 cm³/mol. The highest BCUT2D eigenvalue weighted by atomic mass is 35.5. The Morgan fingerprint density at radius 1 is 1.05 bits per heavy atom. The maximum Gasteiger partial charge on any atom is 0.239 e. The highest BCUT2D eigenvalue weighted by molar-refractivity contribution is 7.92. The quantitative estimate of drug-likeness (QED) is 0.787. The second-order valence-electron chi connectivity index (χ2n) is 5.01. The molecule has 0 spiro atoms. The van der Waals surface area contributed by atoms with Crippen molar-refractivity contribution in [2.24, 2.45) is 0 Å². The van der Waals surface area contributed by atoms with E-state index in [9.17, 15) is 8.42 Å². The number of alkyl halides is 1. The maximum atomic E-state index is 12.5. The van der Waals surface area contributed by atoms with Gasteiger partial charge in [0.05, 0.1) is 11.4 Å². The topological polar surface area (TPSA) is 37.4 Å². The van der Waals surface area contributed by atoms with E-state index in [2.05, 4.69) is 0 Å². The molecule has 2 aromatic carbocycles. The molecule has 0 aliphatic rings. The van der Waals surface area contributed by atoms with E-state index in [1.807, 2.05) is 49.4 Å². The van der Waals surface area contributed by atoms with Gasteiger partial charge in [0, 0.05) is 12.9 Å². The number of nitrogens with zero attached hydrogens (tertiary/aromatic N) is 1. The minimum Gasteiger partial charge on any atom is -0.273 e. The third-order valence-electron chi connectivity index (χ3n) is 3.31. The Bertz CT molecular complexity index is 711. The predicted octanol–water partition coefficient (Wildman–Crippen LogP) is 3.70. The van der Waals surface area contributed by atoms with Crippen LogP contribution in [0.3, 0.4) is 0 Å². The summed E-state index contributed by atoms with van der Waals surface area (Å²) in [4.78, 5) is 0. The van der Waals surface area contributed by atoms with Gasteiger partial charge >= 0.3 is 0 Å². The van der Waals surface area contributed by atoms with E-state index in [0.29, 0.717) is 11.6 Å². The first kappa shape index (κ1) is 15.9. The molecule has 0 aromatic heterocycles. The van der Waals surface area contributed by atoms with Crippen LogP contribution in [0.2, 0.25) is 0 Å². The van der Waals surface area contributed by atoms with Gasteiger partial charge in [-0.2, -0.15) is 0 Å². The van der Waals surface area contributed by atoms with Crippen LogP contribution in [0.5, 0.6) is 0 Å². The Kier molecular flexibility index (Phi) is 4.91. The van der Waals surface area contributed by atoms with Crippen LogP contribution in [-0.4, -0.2) is 15.5 Å². The molecule has 0 amide bonds. The van der Waals surface area contributed by atoms with Crippen LogP contribution in [0.25, 0.3) is 0 Å². The van der Waals surface area contributed by atoms with Crippen LogP contribution >= 0.6 is 11.6 Å². The molecule has 0 bridgehead atoms. The summed E-state index contributed by atoms with van der Waals surface area (Å²) in [6, 6.07) is 14.8. The van der Waals surface area contributed by atoms with E-state index in [0.717, 1.165) is 16.7 Å². The standard InChI is InChI=1S/C16H18ClNO2S/c1-13-6-8-16(9-7-13)18(2)21(19,20)12-15-5-3-4-14(10-15)11-17/h3-10H,11-12H2,1-2H3. The Morgan fingerprint density at radius 3 is 2.29 bits per heavy atom. The lowest BCUT2D eigenvalue weighted by Gasteiger charge is -2.19. The normalized spacial score (nSPS) is 11.4. The molecule has 0 atom stereocenters. The summed E-state index contributed by atoms with van der Waals surface area (Å²) in [5, 5.41) is 0. The molecule has 0 saturated heterocycles. The van der Waals surface area contributed by atoms with Crippen LogP contribution in [0.4, 0.5) is 5.69 Å². The van der Waals surface area contributed by atoms with Gasteiger partial charge in [0.25, 0.3) is 0 Å². The monoisotopic (exact) mass is 323 g/mol. The van der Waals surface area contributed by atoms with Crippen molar-refractivity contribution < 1.29 is 8.42 Å². The molecular formula is C16H18ClNO2S. The largest absolute Gasteiger partial charge is 0.273 e. The lowest BCUT2D eigenvalue weighted by atomic mass is 10.2. The average molecular weight is 324 g/mol. The van der Waals surface area contributed by atoms with Gasteiger partial charge in [-0.05, 0) is 30.2 Å². The van der Waals surface area contributed by atoms with Crippen molar-refractivity contribution in [3.05, 3.63) is 65.2 Å². The van der Waals surface area contributed by atoms with Gasteiger partial charge in [-0.15, -0.1) is 11.6 Å². The smallest absolute Gasteiger partial charge is 0.239 e. The third kappa shape index (κ3) is 3.99. The van der Waals surface area contributed by atoms with E-state index in [1.165, 1.54) is 4.31 Å². The third-order valence-corrected chi connectivity index (χ3v) is 5.36. The highest BCUT2D eigenvalue weighted by Crippen LogP contribution is 2.20. The first-order chi connectivity index (χ1) is 9.92. The number of hydrogen-bond donors (Lipinski definition) is 0. The average Bonchev–Trinajstić information content (AvgIpc) is 2.47. The minimum absolute atomic E-state index is 0.0396. The van der Waals surface area contributed by atoms with Gasteiger partial charge in [-0.1, -0.05) is 42.0 Å². The first-order valence-corrected chi connectivity index (χ1v) is 8.74. The van der Waals surface area contributed by atoms with Crippen molar-refractivity contribution in [3.8, 4) is 0 Å². The number of benzene rings is 2. The number of rotatable bonds is 5. The van der Waals surface area contributed by atoms with Crippen LogP contribution in [0.1, 0.15) is 16.7 Å². The second kappa shape index (κ2) is 6.50. The summed E-state index contributed by atoms with van der Waals surface area (Å²) in [6.45, 7) is 1.97. The Morgan fingerprint density at radius 2 is 1.67 bits per heavy atom. The molecule has 3 nitrogen and oxygen atoms in total. The number of sulfonamides is 1. The highest BCUT2D eigenvalue weighted by Gasteiger charge is 2.19. The van der Waals surface area contributed by atoms with Crippen LogP contribution in [0.15, 0.2) is 48.5 Å². The summed E-state index contributed by atoms with van der Waals surface area (Å²) in [5.74, 6) is 0.337. The number of halogens is 1. The molecule has 5 heteroatoms. The Labute approximate surface area is 131 Å². The zero-order valence-corrected chi connectivity index (χ0v) is 13.7. The van der Waals surface area contributed by atoms with Crippen molar-refractivity contribution in [1.29, 1.82) is 0 Å². The molecule has 2 rings (SSSR count). The summed E-state index contributed by atoms with van der Waals surface area (Å²) >= 11 is 5.78. The van der Waals surface area contributed by atoms with Gasteiger partial charge in [0.15, 0.2) is 0 Å². The summed E-state index contributed by atoms with van der Waals surface area (Å²) in [6.07, 6.45) is 0. The minimum atomic E-state index is -3.41. The van der Waals surface area contributed by atoms with Crippen molar-refractivity contribution in [1.82, 2.24) is 0 Å². The molecule has 0 N–H and O–H groups in total.